The Hall–Kier alpha value is -2.15. The molecule has 0 spiro atoms. The van der Waals surface area contributed by atoms with E-state index in [4.69, 9.17) is 9.47 Å². The zero-order chi connectivity index (χ0) is 23.0. The van der Waals surface area contributed by atoms with Crippen molar-refractivity contribution in [3.63, 3.8) is 0 Å². The summed E-state index contributed by atoms with van der Waals surface area (Å²) in [5.41, 5.74) is 1.95. The minimum Gasteiger partial charge on any atom is -0.465 e. The first kappa shape index (κ1) is 23.5. The molecule has 7 heteroatoms. The smallest absolute Gasteiger partial charge is 0.339 e. The number of esters is 2. The van der Waals surface area contributed by atoms with Crippen LogP contribution in [0, 0.1) is 0 Å². The molecule has 0 atom stereocenters. The second-order valence-electron chi connectivity index (χ2n) is 10.6. The number of carbonyl (C=O) groups is 2. The summed E-state index contributed by atoms with van der Waals surface area (Å²) in [4.78, 5) is 29.7. The molecule has 3 rings (SSSR count). The molecule has 1 aliphatic rings. The van der Waals surface area contributed by atoms with E-state index in [1.54, 1.807) is 6.20 Å². The Morgan fingerprint density at radius 3 is 2.35 bits per heavy atom. The van der Waals surface area contributed by atoms with Gasteiger partial charge in [-0.15, -0.1) is 0 Å². The molecule has 2 heterocycles. The number of fused-ring (bicyclic) bond motifs is 1. The maximum Gasteiger partial charge on any atom is 0.339 e. The molecule has 2 aromatic heterocycles. The molecule has 0 aromatic carbocycles. The highest BCUT2D eigenvalue weighted by Crippen LogP contribution is 2.37. The number of aromatic nitrogens is 2. The molecular weight excluding hydrogens is 408 g/mol. The lowest BCUT2D eigenvalue weighted by Crippen LogP contribution is -2.46. The Bertz CT molecular complexity index is 976. The third-order valence-corrected chi connectivity index (χ3v) is 7.75. The molecule has 6 nitrogen and oxygen atoms in total. The SMILES string of the molecule is COC(=O)c1cnc2c(c1)c(C1CCCCC1)c([Si](C)(C)C)n2CC(=O)OC(C)(C)C. The number of carbonyl (C=O) groups excluding carboxylic acids is 2. The van der Waals surface area contributed by atoms with Gasteiger partial charge in [0.1, 0.15) is 17.8 Å². The minimum absolute atomic E-state index is 0.130. The quantitative estimate of drug-likeness (QED) is 0.491. The lowest BCUT2D eigenvalue weighted by molar-refractivity contribution is -0.155. The zero-order valence-corrected chi connectivity index (χ0v) is 21.0. The molecule has 0 saturated heterocycles. The second-order valence-corrected chi connectivity index (χ2v) is 15.6. The van der Waals surface area contributed by atoms with Crippen molar-refractivity contribution in [2.24, 2.45) is 0 Å². The number of ether oxygens (including phenoxy) is 2. The van der Waals surface area contributed by atoms with Gasteiger partial charge in [-0.3, -0.25) is 4.79 Å². The maximum absolute atomic E-state index is 12.8. The number of rotatable bonds is 5. The molecular formula is C24H36N2O4Si. The van der Waals surface area contributed by atoms with E-state index in [1.165, 1.54) is 37.3 Å². The van der Waals surface area contributed by atoms with Gasteiger partial charge in [0.25, 0.3) is 0 Å². The highest BCUT2D eigenvalue weighted by Gasteiger charge is 2.34. The molecule has 0 radical (unpaired) electrons. The average Bonchev–Trinajstić information content (AvgIpc) is 3.00. The first-order valence-electron chi connectivity index (χ1n) is 11.2. The molecule has 1 fully saturated rings. The van der Waals surface area contributed by atoms with Gasteiger partial charge in [-0.2, -0.15) is 0 Å². The number of hydrogen-bond donors (Lipinski definition) is 0. The van der Waals surface area contributed by atoms with E-state index >= 15 is 0 Å². The molecule has 2 aromatic rings. The zero-order valence-electron chi connectivity index (χ0n) is 20.0. The summed E-state index contributed by atoms with van der Waals surface area (Å²) in [6.07, 6.45) is 7.49. The molecule has 0 bridgehead atoms. The Morgan fingerprint density at radius 1 is 1.16 bits per heavy atom. The Kier molecular flexibility index (Phi) is 6.65. The number of nitrogens with zero attached hydrogens (tertiary/aromatic N) is 2. The van der Waals surface area contributed by atoms with Crippen molar-refractivity contribution in [1.29, 1.82) is 0 Å². The maximum atomic E-state index is 12.8. The van der Waals surface area contributed by atoms with Crippen LogP contribution in [0.2, 0.25) is 19.6 Å². The average molecular weight is 445 g/mol. The molecule has 170 valence electrons. The van der Waals surface area contributed by atoms with Gasteiger partial charge in [-0.1, -0.05) is 38.9 Å². The summed E-state index contributed by atoms with van der Waals surface area (Å²) < 4.78 is 12.7. The molecule has 0 aliphatic heterocycles. The van der Waals surface area contributed by atoms with E-state index in [0.29, 0.717) is 11.5 Å². The van der Waals surface area contributed by atoms with Gasteiger partial charge in [0, 0.05) is 16.9 Å². The van der Waals surface area contributed by atoms with Gasteiger partial charge in [0.2, 0.25) is 0 Å². The summed E-state index contributed by atoms with van der Waals surface area (Å²) in [5, 5.41) is 2.23. The van der Waals surface area contributed by atoms with Gasteiger partial charge >= 0.3 is 11.9 Å². The number of hydrogen-bond acceptors (Lipinski definition) is 5. The highest BCUT2D eigenvalue weighted by atomic mass is 28.3. The van der Waals surface area contributed by atoms with E-state index in [1.807, 2.05) is 26.8 Å². The summed E-state index contributed by atoms with van der Waals surface area (Å²) in [7, 11) is -0.484. The van der Waals surface area contributed by atoms with Crippen molar-refractivity contribution in [3.05, 3.63) is 23.4 Å². The van der Waals surface area contributed by atoms with E-state index in [0.717, 1.165) is 23.9 Å². The molecule has 0 N–H and O–H groups in total. The van der Waals surface area contributed by atoms with Crippen LogP contribution >= 0.6 is 0 Å². The van der Waals surface area contributed by atoms with Gasteiger partial charge < -0.3 is 14.0 Å². The summed E-state index contributed by atoms with van der Waals surface area (Å²) in [5.74, 6) is -0.232. The van der Waals surface area contributed by atoms with Crippen molar-refractivity contribution in [3.8, 4) is 0 Å². The Morgan fingerprint density at radius 2 is 1.81 bits per heavy atom. The fourth-order valence-corrected chi connectivity index (χ4v) is 6.89. The lowest BCUT2D eigenvalue weighted by Gasteiger charge is -2.28. The van der Waals surface area contributed by atoms with Crippen molar-refractivity contribution in [2.75, 3.05) is 7.11 Å². The molecule has 31 heavy (non-hydrogen) atoms. The van der Waals surface area contributed by atoms with Crippen molar-refractivity contribution in [2.45, 2.75) is 90.6 Å². The predicted octanol–water partition coefficient (Wildman–Crippen LogP) is 4.76. The van der Waals surface area contributed by atoms with Gasteiger partial charge in [-0.25, -0.2) is 9.78 Å². The van der Waals surface area contributed by atoms with Crippen LogP contribution in [-0.2, 0) is 20.8 Å². The third-order valence-electron chi connectivity index (χ3n) is 5.79. The largest absolute Gasteiger partial charge is 0.465 e. The summed E-state index contributed by atoms with van der Waals surface area (Å²) in [6, 6.07) is 1.91. The first-order chi connectivity index (χ1) is 14.4. The lowest BCUT2D eigenvalue weighted by atomic mass is 9.84. The highest BCUT2D eigenvalue weighted by molar-refractivity contribution is 6.88. The molecule has 0 unspecified atom stereocenters. The molecule has 0 amide bonds. The summed E-state index contributed by atoms with van der Waals surface area (Å²) >= 11 is 0. The fourth-order valence-electron chi connectivity index (χ4n) is 4.75. The Balaban J connectivity index is 2.25. The van der Waals surface area contributed by atoms with Crippen LogP contribution in [0.25, 0.3) is 11.0 Å². The first-order valence-corrected chi connectivity index (χ1v) is 14.7. The van der Waals surface area contributed by atoms with E-state index in [-0.39, 0.29) is 12.5 Å². The van der Waals surface area contributed by atoms with Crippen LogP contribution in [0.3, 0.4) is 0 Å². The predicted molar refractivity (Wildman–Crippen MR) is 126 cm³/mol. The molecule has 1 saturated carbocycles. The van der Waals surface area contributed by atoms with Crippen LogP contribution in [0.1, 0.15) is 74.7 Å². The van der Waals surface area contributed by atoms with E-state index in [2.05, 4.69) is 29.2 Å². The van der Waals surface area contributed by atoms with Crippen LogP contribution in [0.5, 0.6) is 0 Å². The summed E-state index contributed by atoms with van der Waals surface area (Å²) in [6.45, 7) is 12.7. The fraction of sp³-hybridized carbons (Fsp3) is 0.625. The van der Waals surface area contributed by atoms with Gasteiger partial charge in [0.15, 0.2) is 0 Å². The van der Waals surface area contributed by atoms with Crippen molar-refractivity contribution >= 4 is 36.4 Å². The number of methoxy groups -OCH3 is 1. The normalized spacial score (nSPS) is 15.8. The van der Waals surface area contributed by atoms with Gasteiger partial charge in [0.05, 0.1) is 20.7 Å². The standard InChI is InChI=1S/C24H36N2O4Si/c1-24(2,3)30-19(27)15-26-21-18(13-17(14-25-21)23(28)29-4)20(22(26)31(5,6)7)16-11-9-8-10-12-16/h13-14,16H,8-12,15H2,1-7H3. The van der Waals surface area contributed by atoms with Crippen LogP contribution in [-0.4, -0.2) is 42.3 Å². The van der Waals surface area contributed by atoms with Gasteiger partial charge in [-0.05, 0) is 51.2 Å². The Labute approximate surface area is 186 Å². The minimum atomic E-state index is -1.87. The molecule has 1 aliphatic carbocycles. The van der Waals surface area contributed by atoms with E-state index < -0.39 is 19.6 Å². The monoisotopic (exact) mass is 444 g/mol. The van der Waals surface area contributed by atoms with Crippen LogP contribution in [0.15, 0.2) is 12.3 Å². The van der Waals surface area contributed by atoms with E-state index in [9.17, 15) is 9.59 Å². The second kappa shape index (κ2) is 8.77. The topological polar surface area (TPSA) is 70.4 Å². The van der Waals surface area contributed by atoms with Crippen LogP contribution < -0.4 is 5.32 Å². The van der Waals surface area contributed by atoms with Crippen molar-refractivity contribution in [1.82, 2.24) is 9.55 Å². The van der Waals surface area contributed by atoms with Crippen LogP contribution in [0.4, 0.5) is 0 Å². The van der Waals surface area contributed by atoms with Crippen molar-refractivity contribution < 1.29 is 19.1 Å². The number of pyridine rings is 1. The third kappa shape index (κ3) is 5.19.